The predicted molar refractivity (Wildman–Crippen MR) is 88.2 cm³/mol. The van der Waals surface area contributed by atoms with Crippen LogP contribution in [0.3, 0.4) is 0 Å². The molecule has 0 radical (unpaired) electrons. The molecular formula is C16H16ClNO2S. The van der Waals surface area contributed by atoms with Gasteiger partial charge in [-0.1, -0.05) is 30.3 Å². The molecule has 5 heteroatoms. The summed E-state index contributed by atoms with van der Waals surface area (Å²) in [6, 6.07) is 9.60. The van der Waals surface area contributed by atoms with Crippen LogP contribution in [0.1, 0.15) is 21.7 Å². The van der Waals surface area contributed by atoms with Crippen molar-refractivity contribution in [3.8, 4) is 11.1 Å². The Morgan fingerprint density at radius 2 is 1.90 bits per heavy atom. The van der Waals surface area contributed by atoms with Crippen LogP contribution in [0.4, 0.5) is 0 Å². The smallest absolute Gasteiger partial charge is 0.294 e. The number of thioether (sulfide) groups is 1. The van der Waals surface area contributed by atoms with Crippen molar-refractivity contribution in [1.29, 1.82) is 0 Å². The summed E-state index contributed by atoms with van der Waals surface area (Å²) < 4.78 is 0. The first kappa shape index (κ1) is 15.9. The minimum atomic E-state index is -0.968. The van der Waals surface area contributed by atoms with Gasteiger partial charge in [0.15, 0.2) is 0 Å². The standard InChI is InChI=1S/C16H16ClNO2S/c1-10-12(8-9-21-2)13(11-6-4-3-5-7-11)14(18-10)15(19)16(17)20/h3-7,18H,8-9H2,1-2H3. The van der Waals surface area contributed by atoms with Crippen LogP contribution in [0.2, 0.25) is 0 Å². The summed E-state index contributed by atoms with van der Waals surface area (Å²) in [5.74, 6) is 0.259. The molecule has 2 rings (SSSR count). The lowest BCUT2D eigenvalue weighted by molar-refractivity contribution is -0.108. The fraction of sp³-hybridized carbons (Fsp3) is 0.250. The van der Waals surface area contributed by atoms with E-state index in [1.807, 2.05) is 43.5 Å². The average molecular weight is 322 g/mol. The molecule has 110 valence electrons. The first-order valence-electron chi connectivity index (χ1n) is 6.56. The molecule has 0 spiro atoms. The number of carbonyl (C=O) groups excluding carboxylic acids is 2. The molecule has 0 aliphatic rings. The molecule has 1 N–H and O–H groups in total. The van der Waals surface area contributed by atoms with Crippen molar-refractivity contribution in [2.45, 2.75) is 13.3 Å². The highest BCUT2D eigenvalue weighted by molar-refractivity contribution is 7.98. The Labute approximate surface area is 133 Å². The third-order valence-corrected chi connectivity index (χ3v) is 4.13. The van der Waals surface area contributed by atoms with Crippen molar-refractivity contribution in [3.63, 3.8) is 0 Å². The second-order valence-electron chi connectivity index (χ2n) is 4.69. The van der Waals surface area contributed by atoms with Crippen molar-refractivity contribution in [2.75, 3.05) is 12.0 Å². The minimum absolute atomic E-state index is 0.287. The molecule has 0 aliphatic heterocycles. The number of aromatic nitrogens is 1. The van der Waals surface area contributed by atoms with Gasteiger partial charge in [-0.2, -0.15) is 11.8 Å². The summed E-state index contributed by atoms with van der Waals surface area (Å²) in [7, 11) is 0. The Morgan fingerprint density at radius 1 is 1.24 bits per heavy atom. The molecule has 0 saturated carbocycles. The van der Waals surface area contributed by atoms with E-state index in [1.165, 1.54) is 0 Å². The normalized spacial score (nSPS) is 10.6. The SMILES string of the molecule is CSCCc1c(C)[nH]c(C(=O)C(=O)Cl)c1-c1ccccc1. The van der Waals surface area contributed by atoms with Gasteiger partial charge in [0.2, 0.25) is 0 Å². The largest absolute Gasteiger partial charge is 0.355 e. The molecule has 1 aromatic heterocycles. The number of aryl methyl sites for hydroxylation is 1. The lowest BCUT2D eigenvalue weighted by Crippen LogP contribution is -2.09. The molecule has 0 saturated heterocycles. The van der Waals surface area contributed by atoms with E-state index < -0.39 is 11.0 Å². The third kappa shape index (κ3) is 3.39. The van der Waals surface area contributed by atoms with E-state index >= 15 is 0 Å². The van der Waals surface area contributed by atoms with Crippen LogP contribution in [0.5, 0.6) is 0 Å². The van der Waals surface area contributed by atoms with Crippen molar-refractivity contribution in [3.05, 3.63) is 47.3 Å². The fourth-order valence-corrected chi connectivity index (χ4v) is 2.88. The van der Waals surface area contributed by atoms with Gasteiger partial charge in [0.25, 0.3) is 11.0 Å². The monoisotopic (exact) mass is 321 g/mol. The number of carbonyl (C=O) groups is 2. The Kier molecular flexibility index (Phi) is 5.26. The number of nitrogens with one attached hydrogen (secondary N) is 1. The molecule has 0 bridgehead atoms. The highest BCUT2D eigenvalue weighted by Crippen LogP contribution is 2.31. The number of benzene rings is 1. The molecule has 0 fully saturated rings. The van der Waals surface area contributed by atoms with Gasteiger partial charge in [0.05, 0.1) is 5.69 Å². The van der Waals surface area contributed by atoms with Crippen molar-refractivity contribution in [2.24, 2.45) is 0 Å². The Bertz CT molecular complexity index is 664. The molecule has 1 aromatic carbocycles. The van der Waals surface area contributed by atoms with Gasteiger partial charge in [-0.3, -0.25) is 9.59 Å². The summed E-state index contributed by atoms with van der Waals surface area (Å²) in [4.78, 5) is 26.4. The van der Waals surface area contributed by atoms with E-state index in [9.17, 15) is 9.59 Å². The molecule has 0 atom stereocenters. The van der Waals surface area contributed by atoms with E-state index in [0.717, 1.165) is 34.6 Å². The van der Waals surface area contributed by atoms with Gasteiger partial charge in [0.1, 0.15) is 0 Å². The van der Waals surface area contributed by atoms with E-state index in [1.54, 1.807) is 11.8 Å². The number of hydrogen-bond acceptors (Lipinski definition) is 3. The van der Waals surface area contributed by atoms with Crippen LogP contribution in [-0.2, 0) is 11.2 Å². The molecule has 0 unspecified atom stereocenters. The first-order chi connectivity index (χ1) is 10.1. The summed E-state index contributed by atoms with van der Waals surface area (Å²) in [6.07, 6.45) is 2.87. The summed E-state index contributed by atoms with van der Waals surface area (Å²) in [6.45, 7) is 1.91. The van der Waals surface area contributed by atoms with Crippen LogP contribution in [-0.4, -0.2) is 28.0 Å². The first-order valence-corrected chi connectivity index (χ1v) is 8.33. The zero-order valence-corrected chi connectivity index (χ0v) is 13.5. The zero-order chi connectivity index (χ0) is 15.4. The van der Waals surface area contributed by atoms with Gasteiger partial charge < -0.3 is 4.98 Å². The van der Waals surface area contributed by atoms with Gasteiger partial charge in [-0.25, -0.2) is 0 Å². The lowest BCUT2D eigenvalue weighted by Gasteiger charge is -2.07. The molecular weight excluding hydrogens is 306 g/mol. The fourth-order valence-electron chi connectivity index (χ4n) is 2.37. The molecule has 3 nitrogen and oxygen atoms in total. The second-order valence-corrected chi connectivity index (χ2v) is 6.02. The number of H-pyrrole nitrogens is 1. The molecule has 1 heterocycles. The number of aromatic amines is 1. The lowest BCUT2D eigenvalue weighted by atomic mass is 9.97. The number of hydrogen-bond donors (Lipinski definition) is 1. The van der Waals surface area contributed by atoms with Gasteiger partial charge in [0, 0.05) is 11.3 Å². The number of ketones is 1. The van der Waals surface area contributed by atoms with E-state index in [4.69, 9.17) is 11.6 Å². The number of halogens is 1. The van der Waals surface area contributed by atoms with E-state index in [2.05, 4.69) is 4.98 Å². The Balaban J connectivity index is 2.61. The van der Waals surface area contributed by atoms with Gasteiger partial charge in [-0.05, 0) is 48.1 Å². The minimum Gasteiger partial charge on any atom is -0.355 e. The van der Waals surface area contributed by atoms with E-state index in [0.29, 0.717) is 0 Å². The Morgan fingerprint density at radius 3 is 2.48 bits per heavy atom. The van der Waals surface area contributed by atoms with Crippen molar-refractivity contribution < 1.29 is 9.59 Å². The van der Waals surface area contributed by atoms with Crippen LogP contribution in [0, 0.1) is 6.92 Å². The van der Waals surface area contributed by atoms with Gasteiger partial charge in [-0.15, -0.1) is 0 Å². The van der Waals surface area contributed by atoms with Crippen LogP contribution < -0.4 is 0 Å². The molecule has 2 aromatic rings. The van der Waals surface area contributed by atoms with Crippen LogP contribution >= 0.6 is 23.4 Å². The predicted octanol–water partition coefficient (Wildman–Crippen LogP) is 3.84. The molecule has 0 aliphatic carbocycles. The number of Topliss-reactive ketones (excluding diaryl/α,β-unsaturated/α-hetero) is 1. The maximum Gasteiger partial charge on any atom is 0.294 e. The highest BCUT2D eigenvalue weighted by Gasteiger charge is 2.24. The summed E-state index contributed by atoms with van der Waals surface area (Å²) in [5.41, 5.74) is 3.97. The second kappa shape index (κ2) is 6.96. The summed E-state index contributed by atoms with van der Waals surface area (Å²) in [5, 5.41) is -0.968. The van der Waals surface area contributed by atoms with Crippen molar-refractivity contribution >= 4 is 34.4 Å². The average Bonchev–Trinajstić information content (AvgIpc) is 2.81. The van der Waals surface area contributed by atoms with Crippen molar-refractivity contribution in [1.82, 2.24) is 4.98 Å². The number of rotatable bonds is 6. The summed E-state index contributed by atoms with van der Waals surface area (Å²) >= 11 is 7.12. The topological polar surface area (TPSA) is 49.9 Å². The third-order valence-electron chi connectivity index (χ3n) is 3.34. The highest BCUT2D eigenvalue weighted by atomic mass is 35.5. The molecule has 21 heavy (non-hydrogen) atoms. The van der Waals surface area contributed by atoms with E-state index in [-0.39, 0.29) is 5.69 Å². The van der Waals surface area contributed by atoms with Crippen LogP contribution in [0.25, 0.3) is 11.1 Å². The quantitative estimate of drug-likeness (QED) is 0.499. The van der Waals surface area contributed by atoms with Gasteiger partial charge >= 0.3 is 0 Å². The maximum absolute atomic E-state index is 12.1. The molecule has 0 amide bonds. The maximum atomic E-state index is 12.1. The van der Waals surface area contributed by atoms with Crippen LogP contribution in [0.15, 0.2) is 30.3 Å². The zero-order valence-electron chi connectivity index (χ0n) is 11.9. The Hall–Kier alpha value is -1.52.